The van der Waals surface area contributed by atoms with E-state index in [1.54, 1.807) is 11.3 Å². The highest BCUT2D eigenvalue weighted by Crippen LogP contribution is 2.24. The van der Waals surface area contributed by atoms with Gasteiger partial charge < -0.3 is 10.6 Å². The molecule has 2 heterocycles. The average Bonchev–Trinajstić information content (AvgIpc) is 3.28. The number of likely N-dealkylation sites (tertiary alicyclic amines) is 1. The molecule has 0 bridgehead atoms. The molecule has 0 radical (unpaired) electrons. The fraction of sp³-hybridized carbons (Fsp3) is 0.545. The van der Waals surface area contributed by atoms with E-state index >= 15 is 0 Å². The van der Waals surface area contributed by atoms with Crippen molar-refractivity contribution >= 4 is 29.1 Å². The van der Waals surface area contributed by atoms with Gasteiger partial charge in [0.1, 0.15) is 4.34 Å². The highest BCUT2D eigenvalue weighted by molar-refractivity contribution is 8.00. The van der Waals surface area contributed by atoms with Crippen LogP contribution in [0.2, 0.25) is 0 Å². The fourth-order valence-corrected chi connectivity index (χ4v) is 5.22. The third kappa shape index (κ3) is 7.32. The first-order valence-corrected chi connectivity index (χ1v) is 12.5. The molecule has 0 aliphatic carbocycles. The second kappa shape index (κ2) is 12.2. The molecule has 0 spiro atoms. The van der Waals surface area contributed by atoms with Crippen LogP contribution in [0.3, 0.4) is 0 Å². The smallest absolute Gasteiger partial charge is 0.191 e. The number of piperidine rings is 1. The number of benzene rings is 1. The zero-order valence-electron chi connectivity index (χ0n) is 17.5. The topological polar surface area (TPSA) is 52.6 Å². The Labute approximate surface area is 183 Å². The minimum Gasteiger partial charge on any atom is -0.357 e. The van der Waals surface area contributed by atoms with E-state index < -0.39 is 0 Å². The molecule has 29 heavy (non-hydrogen) atoms. The van der Waals surface area contributed by atoms with Gasteiger partial charge >= 0.3 is 0 Å². The molecule has 7 heteroatoms. The fourth-order valence-electron chi connectivity index (χ4n) is 3.58. The quantitative estimate of drug-likeness (QED) is 0.267. The summed E-state index contributed by atoms with van der Waals surface area (Å²) in [5.41, 5.74) is 1.41. The molecule has 1 atom stereocenters. The first-order valence-electron chi connectivity index (χ1n) is 10.6. The molecule has 2 aromatic rings. The van der Waals surface area contributed by atoms with Crippen LogP contribution in [0.25, 0.3) is 0 Å². The Morgan fingerprint density at radius 2 is 2.10 bits per heavy atom. The molecule has 1 unspecified atom stereocenters. The molecule has 5 nitrogen and oxygen atoms in total. The molecule has 1 aliphatic rings. The SMILES string of the molecule is CCNC(=NCCCSc1nccs1)NC1CCN(C(C)c2ccccc2)CC1. The first-order chi connectivity index (χ1) is 14.3. The molecule has 1 saturated heterocycles. The zero-order valence-corrected chi connectivity index (χ0v) is 19.1. The van der Waals surface area contributed by atoms with Crippen LogP contribution in [0, 0.1) is 0 Å². The molecular formula is C22H33N5S2. The lowest BCUT2D eigenvalue weighted by atomic mass is 10.0. The summed E-state index contributed by atoms with van der Waals surface area (Å²) in [6.07, 6.45) is 5.24. The van der Waals surface area contributed by atoms with E-state index in [2.05, 4.69) is 64.7 Å². The summed E-state index contributed by atoms with van der Waals surface area (Å²) in [4.78, 5) is 11.7. The highest BCUT2D eigenvalue weighted by Gasteiger charge is 2.23. The van der Waals surface area contributed by atoms with E-state index in [4.69, 9.17) is 4.99 Å². The van der Waals surface area contributed by atoms with E-state index in [-0.39, 0.29) is 0 Å². The Kier molecular flexibility index (Phi) is 9.31. The van der Waals surface area contributed by atoms with Crippen molar-refractivity contribution in [3.63, 3.8) is 0 Å². The Morgan fingerprint density at radius 3 is 2.79 bits per heavy atom. The van der Waals surface area contributed by atoms with Gasteiger partial charge in [0.05, 0.1) is 0 Å². The number of guanidine groups is 1. The average molecular weight is 432 g/mol. The maximum Gasteiger partial charge on any atom is 0.191 e. The lowest BCUT2D eigenvalue weighted by molar-refractivity contribution is 0.158. The van der Waals surface area contributed by atoms with Crippen molar-refractivity contribution in [2.45, 2.75) is 49.5 Å². The number of nitrogens with one attached hydrogen (secondary N) is 2. The zero-order chi connectivity index (χ0) is 20.3. The number of nitrogens with zero attached hydrogens (tertiary/aromatic N) is 3. The number of thioether (sulfide) groups is 1. The lowest BCUT2D eigenvalue weighted by Crippen LogP contribution is -2.49. The van der Waals surface area contributed by atoms with Crippen molar-refractivity contribution in [3.05, 3.63) is 47.5 Å². The van der Waals surface area contributed by atoms with E-state index in [0.717, 1.165) is 61.5 Å². The molecule has 158 valence electrons. The first kappa shape index (κ1) is 22.1. The Balaban J connectivity index is 1.40. The summed E-state index contributed by atoms with van der Waals surface area (Å²) in [6.45, 7) is 8.42. The van der Waals surface area contributed by atoms with Gasteiger partial charge in [-0.2, -0.15) is 0 Å². The third-order valence-corrected chi connectivity index (χ3v) is 7.30. The van der Waals surface area contributed by atoms with Crippen molar-refractivity contribution in [3.8, 4) is 0 Å². The largest absolute Gasteiger partial charge is 0.357 e. The lowest BCUT2D eigenvalue weighted by Gasteiger charge is -2.37. The van der Waals surface area contributed by atoms with Crippen LogP contribution in [0.4, 0.5) is 0 Å². The van der Waals surface area contributed by atoms with Gasteiger partial charge in [-0.05, 0) is 38.7 Å². The number of rotatable bonds is 9. The maximum absolute atomic E-state index is 4.78. The second-order valence-corrected chi connectivity index (χ2v) is 9.54. The van der Waals surface area contributed by atoms with Crippen molar-refractivity contribution in [2.75, 3.05) is 31.9 Å². The van der Waals surface area contributed by atoms with Gasteiger partial charge in [-0.15, -0.1) is 11.3 Å². The van der Waals surface area contributed by atoms with E-state index in [9.17, 15) is 0 Å². The molecule has 0 amide bonds. The Morgan fingerprint density at radius 1 is 1.31 bits per heavy atom. The monoisotopic (exact) mass is 431 g/mol. The Hall–Kier alpha value is -1.57. The molecule has 1 fully saturated rings. The van der Waals surface area contributed by atoms with Crippen molar-refractivity contribution in [2.24, 2.45) is 4.99 Å². The Bertz CT molecular complexity index is 712. The van der Waals surface area contributed by atoms with Crippen molar-refractivity contribution in [1.29, 1.82) is 0 Å². The molecule has 3 rings (SSSR count). The molecule has 0 saturated carbocycles. The summed E-state index contributed by atoms with van der Waals surface area (Å²) >= 11 is 3.53. The van der Waals surface area contributed by atoms with Crippen LogP contribution in [0.1, 0.15) is 44.7 Å². The number of aromatic nitrogens is 1. The minimum atomic E-state index is 0.481. The summed E-state index contributed by atoms with van der Waals surface area (Å²) in [5, 5.41) is 9.09. The van der Waals surface area contributed by atoms with Gasteiger partial charge in [0.25, 0.3) is 0 Å². The predicted molar refractivity (Wildman–Crippen MR) is 126 cm³/mol. The molecule has 1 aromatic heterocycles. The summed E-state index contributed by atoms with van der Waals surface area (Å²) in [6, 6.07) is 11.8. The molecule has 1 aromatic carbocycles. The van der Waals surface area contributed by atoms with Gasteiger partial charge in [-0.3, -0.25) is 9.89 Å². The van der Waals surface area contributed by atoms with Crippen LogP contribution in [0.15, 0.2) is 51.2 Å². The highest BCUT2D eigenvalue weighted by atomic mass is 32.2. The van der Waals surface area contributed by atoms with Crippen LogP contribution in [-0.4, -0.2) is 53.8 Å². The molecule has 2 N–H and O–H groups in total. The normalized spacial score (nSPS) is 17.2. The van der Waals surface area contributed by atoms with E-state index in [1.165, 1.54) is 5.56 Å². The van der Waals surface area contributed by atoms with Gasteiger partial charge in [0.15, 0.2) is 5.96 Å². The van der Waals surface area contributed by atoms with Crippen molar-refractivity contribution < 1.29 is 0 Å². The number of aliphatic imine (C=N–C) groups is 1. The van der Waals surface area contributed by atoms with Crippen LogP contribution in [0.5, 0.6) is 0 Å². The maximum atomic E-state index is 4.78. The van der Waals surface area contributed by atoms with Gasteiger partial charge in [0.2, 0.25) is 0 Å². The minimum absolute atomic E-state index is 0.481. The predicted octanol–water partition coefficient (Wildman–Crippen LogP) is 4.41. The number of thiazole rings is 1. The standard InChI is InChI=1S/C22H33N5S2/c1-3-23-21(24-12-7-16-28-22-25-13-17-29-22)26-20-10-14-27(15-11-20)18(2)19-8-5-4-6-9-19/h4-6,8-9,13,17-18,20H,3,7,10-12,14-16H2,1-2H3,(H2,23,24,26). The molecule has 1 aliphatic heterocycles. The summed E-state index contributed by atoms with van der Waals surface area (Å²) in [5.74, 6) is 2.02. The summed E-state index contributed by atoms with van der Waals surface area (Å²) in [7, 11) is 0. The van der Waals surface area contributed by atoms with Gasteiger partial charge in [-0.1, -0.05) is 42.1 Å². The van der Waals surface area contributed by atoms with Crippen LogP contribution in [-0.2, 0) is 0 Å². The van der Waals surface area contributed by atoms with Gasteiger partial charge in [0, 0.05) is 55.6 Å². The van der Waals surface area contributed by atoms with Crippen LogP contribution >= 0.6 is 23.1 Å². The third-order valence-electron chi connectivity index (χ3n) is 5.25. The van der Waals surface area contributed by atoms with Crippen LogP contribution < -0.4 is 10.6 Å². The molecular weight excluding hydrogens is 398 g/mol. The van der Waals surface area contributed by atoms with Gasteiger partial charge in [-0.25, -0.2) is 4.98 Å². The number of hydrogen-bond acceptors (Lipinski definition) is 5. The van der Waals surface area contributed by atoms with E-state index in [0.29, 0.717) is 12.1 Å². The van der Waals surface area contributed by atoms with E-state index in [1.807, 2.05) is 23.3 Å². The summed E-state index contributed by atoms with van der Waals surface area (Å²) < 4.78 is 1.15. The second-order valence-electron chi connectivity index (χ2n) is 7.30. The number of hydrogen-bond donors (Lipinski definition) is 2. The van der Waals surface area contributed by atoms with Crippen molar-refractivity contribution in [1.82, 2.24) is 20.5 Å².